The van der Waals surface area contributed by atoms with E-state index in [-0.39, 0.29) is 0 Å². The van der Waals surface area contributed by atoms with Gasteiger partial charge in [-0.15, -0.1) is 0 Å². The molecule has 0 fully saturated rings. The number of rotatable bonds is 23. The van der Waals surface area contributed by atoms with Crippen LogP contribution in [0.2, 0.25) is 18.1 Å². The highest BCUT2D eigenvalue weighted by molar-refractivity contribution is 6.84. The Morgan fingerprint density at radius 1 is 0.567 bits per heavy atom. The predicted molar refractivity (Wildman–Crippen MR) is 137 cm³/mol. The van der Waals surface area contributed by atoms with Crippen LogP contribution < -0.4 is 0 Å². The molecular weight excluding hydrogens is 384 g/mol. The second-order valence-electron chi connectivity index (χ2n) is 9.59. The molecule has 0 radical (unpaired) electrons. The maximum Gasteiger partial charge on any atom is 0.327 e. The standard InChI is InChI=1S/C27H54O2Si/c1-4-7-10-13-16-19-23-30(26-22-27(28)29,24-20-17-14-11-8-5-2)25-21-18-15-12-9-6-3/h22,26H,4-21,23-25H2,1-3H3,(H,28,29). The number of unbranched alkanes of at least 4 members (excludes halogenated alkanes) is 15. The summed E-state index contributed by atoms with van der Waals surface area (Å²) in [5.74, 6) is -0.749. The maximum absolute atomic E-state index is 11.3. The zero-order valence-electron chi connectivity index (χ0n) is 20.9. The van der Waals surface area contributed by atoms with Gasteiger partial charge >= 0.3 is 5.97 Å². The van der Waals surface area contributed by atoms with Gasteiger partial charge in [0.1, 0.15) is 0 Å². The molecule has 0 spiro atoms. The van der Waals surface area contributed by atoms with Gasteiger partial charge < -0.3 is 5.11 Å². The molecule has 0 aliphatic heterocycles. The molecule has 0 aromatic heterocycles. The molecule has 178 valence electrons. The van der Waals surface area contributed by atoms with E-state index < -0.39 is 14.0 Å². The Labute approximate surface area is 190 Å². The van der Waals surface area contributed by atoms with E-state index in [0.717, 1.165) is 0 Å². The van der Waals surface area contributed by atoms with Gasteiger partial charge in [0.05, 0.1) is 8.07 Å². The van der Waals surface area contributed by atoms with Crippen molar-refractivity contribution in [3.05, 3.63) is 11.8 Å². The lowest BCUT2D eigenvalue weighted by atomic mass is 10.1. The predicted octanol–water partition coefficient (Wildman–Crippen LogP) is 9.70. The van der Waals surface area contributed by atoms with Crippen LogP contribution in [0.25, 0.3) is 0 Å². The summed E-state index contributed by atoms with van der Waals surface area (Å²) in [7, 11) is -1.63. The van der Waals surface area contributed by atoms with Gasteiger partial charge in [0, 0.05) is 6.08 Å². The molecule has 0 aliphatic carbocycles. The zero-order valence-corrected chi connectivity index (χ0v) is 21.9. The van der Waals surface area contributed by atoms with E-state index in [1.54, 1.807) is 0 Å². The molecule has 0 unspecified atom stereocenters. The molecule has 0 saturated carbocycles. The van der Waals surface area contributed by atoms with E-state index in [2.05, 4.69) is 26.5 Å². The summed E-state index contributed by atoms with van der Waals surface area (Å²) in [5, 5.41) is 9.32. The minimum absolute atomic E-state index is 0.749. The first-order valence-electron chi connectivity index (χ1n) is 13.5. The lowest BCUT2D eigenvalue weighted by molar-refractivity contribution is -0.131. The van der Waals surface area contributed by atoms with Crippen LogP contribution in [-0.4, -0.2) is 19.1 Å². The second-order valence-corrected chi connectivity index (χ2v) is 14.1. The normalized spacial score (nSPS) is 12.1. The molecule has 0 aromatic carbocycles. The highest BCUT2D eigenvalue weighted by Crippen LogP contribution is 2.31. The lowest BCUT2D eigenvalue weighted by Gasteiger charge is -2.29. The van der Waals surface area contributed by atoms with Crippen molar-refractivity contribution in [1.29, 1.82) is 0 Å². The fourth-order valence-electron chi connectivity index (χ4n) is 4.65. The van der Waals surface area contributed by atoms with Gasteiger partial charge in [0.25, 0.3) is 0 Å². The monoisotopic (exact) mass is 438 g/mol. The van der Waals surface area contributed by atoms with Crippen molar-refractivity contribution in [2.75, 3.05) is 0 Å². The molecule has 1 N–H and O–H groups in total. The summed E-state index contributed by atoms with van der Waals surface area (Å²) in [6.45, 7) is 6.82. The molecule has 0 bridgehead atoms. The summed E-state index contributed by atoms with van der Waals surface area (Å²) < 4.78 is 0. The minimum Gasteiger partial charge on any atom is -0.478 e. The second kappa shape index (κ2) is 21.7. The number of aliphatic carboxylic acids is 1. The van der Waals surface area contributed by atoms with Crippen LogP contribution in [0.3, 0.4) is 0 Å². The topological polar surface area (TPSA) is 37.3 Å². The summed E-state index contributed by atoms with van der Waals surface area (Å²) >= 11 is 0. The average molecular weight is 439 g/mol. The fraction of sp³-hybridized carbons (Fsp3) is 0.889. The number of carboxylic acids is 1. The molecule has 30 heavy (non-hydrogen) atoms. The molecule has 2 nitrogen and oxygen atoms in total. The first kappa shape index (κ1) is 29.4. The largest absolute Gasteiger partial charge is 0.478 e. The van der Waals surface area contributed by atoms with Gasteiger partial charge in [0.2, 0.25) is 0 Å². The minimum atomic E-state index is -1.63. The van der Waals surface area contributed by atoms with Gasteiger partial charge in [-0.1, -0.05) is 160 Å². The van der Waals surface area contributed by atoms with Crippen molar-refractivity contribution in [2.24, 2.45) is 0 Å². The molecule has 0 aliphatic rings. The molecule has 0 rings (SSSR count). The SMILES string of the molecule is CCCCCCCC[Si](C=CC(=O)O)(CCCCCCCC)CCCCCCCC. The van der Waals surface area contributed by atoms with Crippen molar-refractivity contribution < 1.29 is 9.90 Å². The molecule has 0 amide bonds. The number of hydrogen-bond acceptors (Lipinski definition) is 1. The molecule has 0 saturated heterocycles. The Balaban J connectivity index is 4.77. The third-order valence-corrected chi connectivity index (χ3v) is 11.6. The summed E-state index contributed by atoms with van der Waals surface area (Å²) in [6, 6.07) is 3.94. The maximum atomic E-state index is 11.3. The van der Waals surface area contributed by atoms with E-state index >= 15 is 0 Å². The van der Waals surface area contributed by atoms with Crippen molar-refractivity contribution in [1.82, 2.24) is 0 Å². The number of hydrogen-bond donors (Lipinski definition) is 1. The van der Waals surface area contributed by atoms with Gasteiger partial charge in [0.15, 0.2) is 0 Å². The van der Waals surface area contributed by atoms with E-state index in [0.29, 0.717) is 0 Å². The van der Waals surface area contributed by atoms with E-state index in [9.17, 15) is 9.90 Å². The Hall–Kier alpha value is -0.573. The van der Waals surface area contributed by atoms with E-state index in [1.165, 1.54) is 140 Å². The summed E-state index contributed by atoms with van der Waals surface area (Å²) in [4.78, 5) is 11.3. The first-order valence-corrected chi connectivity index (χ1v) is 16.2. The van der Waals surface area contributed by atoms with Crippen LogP contribution in [-0.2, 0) is 4.79 Å². The smallest absolute Gasteiger partial charge is 0.327 e. The van der Waals surface area contributed by atoms with Crippen LogP contribution >= 0.6 is 0 Å². The quantitative estimate of drug-likeness (QED) is 0.0978. The highest BCUT2D eigenvalue weighted by Gasteiger charge is 2.28. The van der Waals surface area contributed by atoms with Crippen LogP contribution in [0.4, 0.5) is 0 Å². The third-order valence-electron chi connectivity index (χ3n) is 6.66. The third kappa shape index (κ3) is 18.2. The van der Waals surface area contributed by atoms with Gasteiger partial charge in [-0.05, 0) is 0 Å². The number of carbonyl (C=O) groups is 1. The molecule has 3 heteroatoms. The van der Waals surface area contributed by atoms with E-state index in [4.69, 9.17) is 0 Å². The van der Waals surface area contributed by atoms with E-state index in [1.807, 2.05) is 0 Å². The Bertz CT molecular complexity index is 365. The van der Waals surface area contributed by atoms with Crippen LogP contribution in [0, 0.1) is 0 Å². The highest BCUT2D eigenvalue weighted by atomic mass is 28.3. The van der Waals surface area contributed by atoms with Crippen molar-refractivity contribution in [3.8, 4) is 0 Å². The van der Waals surface area contributed by atoms with Gasteiger partial charge in [-0.3, -0.25) is 0 Å². The van der Waals surface area contributed by atoms with Crippen LogP contribution in [0.15, 0.2) is 11.8 Å². The first-order chi connectivity index (χ1) is 14.6. The van der Waals surface area contributed by atoms with Gasteiger partial charge in [-0.2, -0.15) is 0 Å². The fourth-order valence-corrected chi connectivity index (χ4v) is 9.25. The zero-order chi connectivity index (χ0) is 22.3. The van der Waals surface area contributed by atoms with Crippen LogP contribution in [0.1, 0.15) is 136 Å². The summed E-state index contributed by atoms with van der Waals surface area (Å²) in [5.41, 5.74) is 2.24. The molecule has 0 heterocycles. The summed E-state index contributed by atoms with van der Waals surface area (Å²) in [6.07, 6.45) is 25.6. The number of carboxylic acid groups (broad SMARTS) is 1. The van der Waals surface area contributed by atoms with Crippen LogP contribution in [0.5, 0.6) is 0 Å². The molecular formula is C27H54O2Si. The van der Waals surface area contributed by atoms with Crippen molar-refractivity contribution >= 4 is 14.0 Å². The van der Waals surface area contributed by atoms with Gasteiger partial charge in [-0.25, -0.2) is 4.79 Å². The Morgan fingerprint density at radius 2 is 0.867 bits per heavy atom. The Kier molecular flexibility index (Phi) is 21.2. The molecule has 0 atom stereocenters. The molecule has 0 aromatic rings. The average Bonchev–Trinajstić information content (AvgIpc) is 2.74. The van der Waals surface area contributed by atoms with Crippen molar-refractivity contribution in [3.63, 3.8) is 0 Å². The lowest BCUT2D eigenvalue weighted by Crippen LogP contribution is -2.32. The Morgan fingerprint density at radius 3 is 1.17 bits per heavy atom. The van der Waals surface area contributed by atoms with Crippen molar-refractivity contribution in [2.45, 2.75) is 154 Å².